The lowest BCUT2D eigenvalue weighted by Crippen LogP contribution is -2.25. The SMILES string of the molecule is Cc1nn(CCC#N)c(C)c1CCC(=O)NCCc1cccs1. The van der Waals surface area contributed by atoms with Crippen LogP contribution >= 0.6 is 11.3 Å². The van der Waals surface area contributed by atoms with Crippen molar-refractivity contribution in [3.63, 3.8) is 0 Å². The van der Waals surface area contributed by atoms with Gasteiger partial charge in [0.2, 0.25) is 5.91 Å². The standard InChI is InChI=1S/C17H22N4OS/c1-13-16(14(2)21(20-13)11-4-9-18)6-7-17(22)19-10-8-15-5-3-12-23-15/h3,5,12H,4,6-8,10-11H2,1-2H3,(H,19,22). The first-order chi connectivity index (χ1) is 11.1. The third-order valence-electron chi connectivity index (χ3n) is 3.84. The van der Waals surface area contributed by atoms with Crippen molar-refractivity contribution in [1.29, 1.82) is 5.26 Å². The molecule has 0 fully saturated rings. The molecule has 5 nitrogen and oxygen atoms in total. The van der Waals surface area contributed by atoms with E-state index in [4.69, 9.17) is 5.26 Å². The van der Waals surface area contributed by atoms with Crippen LogP contribution in [-0.4, -0.2) is 22.2 Å². The van der Waals surface area contributed by atoms with Crippen LogP contribution in [0.25, 0.3) is 0 Å². The number of carbonyl (C=O) groups is 1. The van der Waals surface area contributed by atoms with Crippen molar-refractivity contribution < 1.29 is 4.79 Å². The van der Waals surface area contributed by atoms with Gasteiger partial charge in [0.15, 0.2) is 0 Å². The van der Waals surface area contributed by atoms with Crippen molar-refractivity contribution in [2.75, 3.05) is 6.54 Å². The molecule has 122 valence electrons. The van der Waals surface area contributed by atoms with Gasteiger partial charge in [-0.25, -0.2) is 0 Å². The fraction of sp³-hybridized carbons (Fsp3) is 0.471. The second kappa shape index (κ2) is 8.49. The molecule has 2 rings (SSSR count). The van der Waals surface area contributed by atoms with Crippen LogP contribution in [0.5, 0.6) is 0 Å². The second-order valence-corrected chi connectivity index (χ2v) is 6.49. The third-order valence-corrected chi connectivity index (χ3v) is 4.78. The number of aryl methyl sites for hydroxylation is 2. The van der Waals surface area contributed by atoms with E-state index >= 15 is 0 Å². The quantitative estimate of drug-likeness (QED) is 0.809. The summed E-state index contributed by atoms with van der Waals surface area (Å²) in [5, 5.41) is 18.2. The lowest BCUT2D eigenvalue weighted by Gasteiger charge is -2.05. The van der Waals surface area contributed by atoms with Gasteiger partial charge in [0.05, 0.1) is 24.7 Å². The molecule has 0 saturated heterocycles. The van der Waals surface area contributed by atoms with Crippen LogP contribution in [0.4, 0.5) is 0 Å². The van der Waals surface area contributed by atoms with E-state index in [0.29, 0.717) is 32.4 Å². The van der Waals surface area contributed by atoms with Crippen molar-refractivity contribution in [3.8, 4) is 6.07 Å². The van der Waals surface area contributed by atoms with Gasteiger partial charge in [-0.3, -0.25) is 9.48 Å². The Morgan fingerprint density at radius 2 is 2.26 bits per heavy atom. The number of rotatable bonds is 8. The zero-order valence-electron chi connectivity index (χ0n) is 13.6. The van der Waals surface area contributed by atoms with Gasteiger partial charge >= 0.3 is 0 Å². The minimum Gasteiger partial charge on any atom is -0.356 e. The highest BCUT2D eigenvalue weighted by molar-refractivity contribution is 7.09. The molecule has 0 aliphatic carbocycles. The molecule has 1 amide bonds. The monoisotopic (exact) mass is 330 g/mol. The summed E-state index contributed by atoms with van der Waals surface area (Å²) >= 11 is 1.71. The van der Waals surface area contributed by atoms with Crippen molar-refractivity contribution in [2.24, 2.45) is 0 Å². The van der Waals surface area contributed by atoms with E-state index in [0.717, 1.165) is 23.4 Å². The predicted molar refractivity (Wildman–Crippen MR) is 91.3 cm³/mol. The van der Waals surface area contributed by atoms with Gasteiger partial charge in [-0.05, 0) is 43.7 Å². The highest BCUT2D eigenvalue weighted by Crippen LogP contribution is 2.15. The molecule has 6 heteroatoms. The third kappa shape index (κ3) is 4.93. The van der Waals surface area contributed by atoms with Gasteiger partial charge in [0.25, 0.3) is 0 Å². The maximum Gasteiger partial charge on any atom is 0.220 e. The molecule has 0 saturated carbocycles. The number of nitrogens with one attached hydrogen (secondary N) is 1. The van der Waals surface area contributed by atoms with Crippen LogP contribution in [0.15, 0.2) is 17.5 Å². The Balaban J connectivity index is 1.79. The normalized spacial score (nSPS) is 10.5. The van der Waals surface area contributed by atoms with Crippen LogP contribution in [0.3, 0.4) is 0 Å². The fourth-order valence-corrected chi connectivity index (χ4v) is 3.29. The molecule has 2 aromatic heterocycles. The molecule has 0 bridgehead atoms. The molecule has 0 unspecified atom stereocenters. The number of amides is 1. The van der Waals surface area contributed by atoms with Crippen LogP contribution in [-0.2, 0) is 24.2 Å². The molecule has 0 aliphatic rings. The van der Waals surface area contributed by atoms with Gasteiger partial charge < -0.3 is 5.32 Å². The number of nitrogens with zero attached hydrogens (tertiary/aromatic N) is 3. The Morgan fingerprint density at radius 1 is 1.43 bits per heavy atom. The van der Waals surface area contributed by atoms with E-state index in [1.807, 2.05) is 30.0 Å². The van der Waals surface area contributed by atoms with Crippen molar-refractivity contribution in [3.05, 3.63) is 39.3 Å². The zero-order chi connectivity index (χ0) is 16.7. The average Bonchev–Trinajstić information content (AvgIpc) is 3.12. The van der Waals surface area contributed by atoms with Crippen molar-refractivity contribution in [1.82, 2.24) is 15.1 Å². The summed E-state index contributed by atoms with van der Waals surface area (Å²) in [4.78, 5) is 13.3. The summed E-state index contributed by atoms with van der Waals surface area (Å²) < 4.78 is 1.86. The Bertz CT molecular complexity index is 682. The van der Waals surface area contributed by atoms with Crippen molar-refractivity contribution in [2.45, 2.75) is 46.1 Å². The number of nitriles is 1. The fourth-order valence-electron chi connectivity index (χ4n) is 2.58. The maximum atomic E-state index is 12.0. The van der Waals surface area contributed by atoms with Gasteiger partial charge in [-0.1, -0.05) is 6.07 Å². The summed E-state index contributed by atoms with van der Waals surface area (Å²) in [6.07, 6.45) is 2.49. The maximum absolute atomic E-state index is 12.0. The molecule has 2 aromatic rings. The number of thiophene rings is 1. The number of aromatic nitrogens is 2. The highest BCUT2D eigenvalue weighted by Gasteiger charge is 2.12. The predicted octanol–water partition coefficient (Wildman–Crippen LogP) is 2.77. The smallest absolute Gasteiger partial charge is 0.220 e. The van der Waals surface area contributed by atoms with Crippen LogP contribution < -0.4 is 5.32 Å². The summed E-state index contributed by atoms with van der Waals surface area (Å²) in [5.74, 6) is 0.0742. The molecular weight excluding hydrogens is 308 g/mol. The Morgan fingerprint density at radius 3 is 2.96 bits per heavy atom. The van der Waals surface area contributed by atoms with E-state index in [-0.39, 0.29) is 5.91 Å². The summed E-state index contributed by atoms with van der Waals surface area (Å²) in [6.45, 7) is 5.25. The highest BCUT2D eigenvalue weighted by atomic mass is 32.1. The van der Waals surface area contributed by atoms with E-state index < -0.39 is 0 Å². The topological polar surface area (TPSA) is 70.7 Å². The molecule has 0 atom stereocenters. The molecular formula is C17H22N4OS. The molecule has 0 aromatic carbocycles. The van der Waals surface area contributed by atoms with Gasteiger partial charge in [-0.2, -0.15) is 10.4 Å². The number of carbonyl (C=O) groups excluding carboxylic acids is 1. The molecule has 0 spiro atoms. The van der Waals surface area contributed by atoms with Crippen molar-refractivity contribution >= 4 is 17.2 Å². The first kappa shape index (κ1) is 17.2. The first-order valence-electron chi connectivity index (χ1n) is 7.80. The van der Waals surface area contributed by atoms with Gasteiger partial charge in [0, 0.05) is 23.5 Å². The zero-order valence-corrected chi connectivity index (χ0v) is 14.4. The molecule has 1 N–H and O–H groups in total. The van der Waals surface area contributed by atoms with Crippen LogP contribution in [0, 0.1) is 25.2 Å². The number of hydrogen-bond acceptors (Lipinski definition) is 4. The van der Waals surface area contributed by atoms with E-state index in [9.17, 15) is 4.79 Å². The molecule has 2 heterocycles. The average molecular weight is 330 g/mol. The lowest BCUT2D eigenvalue weighted by molar-refractivity contribution is -0.121. The molecule has 0 aliphatic heterocycles. The Labute approximate surface area is 140 Å². The second-order valence-electron chi connectivity index (χ2n) is 5.46. The molecule has 23 heavy (non-hydrogen) atoms. The van der Waals surface area contributed by atoms with E-state index in [2.05, 4.69) is 22.6 Å². The minimum absolute atomic E-state index is 0.0742. The van der Waals surface area contributed by atoms with E-state index in [1.54, 1.807) is 11.3 Å². The Hall–Kier alpha value is -2.13. The van der Waals surface area contributed by atoms with Crippen LogP contribution in [0.1, 0.15) is 34.7 Å². The Kier molecular flexibility index (Phi) is 6.36. The van der Waals surface area contributed by atoms with Gasteiger partial charge in [-0.15, -0.1) is 11.3 Å². The molecule has 0 radical (unpaired) electrons. The lowest BCUT2D eigenvalue weighted by atomic mass is 10.1. The summed E-state index contributed by atoms with van der Waals surface area (Å²) in [7, 11) is 0. The summed E-state index contributed by atoms with van der Waals surface area (Å²) in [6, 6.07) is 6.24. The van der Waals surface area contributed by atoms with Gasteiger partial charge in [0.1, 0.15) is 0 Å². The van der Waals surface area contributed by atoms with E-state index in [1.165, 1.54) is 4.88 Å². The largest absolute Gasteiger partial charge is 0.356 e. The van der Waals surface area contributed by atoms with Crippen LogP contribution in [0.2, 0.25) is 0 Å². The minimum atomic E-state index is 0.0742. The number of hydrogen-bond donors (Lipinski definition) is 1. The summed E-state index contributed by atoms with van der Waals surface area (Å²) in [5.41, 5.74) is 3.13. The first-order valence-corrected chi connectivity index (χ1v) is 8.68.